The number of methoxy groups -OCH3 is 1. The fourth-order valence-corrected chi connectivity index (χ4v) is 3.21. The van der Waals surface area contributed by atoms with E-state index in [9.17, 15) is 5.11 Å². The molecular formula is C20H27N3O3. The highest BCUT2D eigenvalue weighted by Gasteiger charge is 2.27. The van der Waals surface area contributed by atoms with Crippen LogP contribution in [0.15, 0.2) is 18.2 Å². The number of aryl methyl sites for hydroxylation is 3. The van der Waals surface area contributed by atoms with Crippen LogP contribution in [0.1, 0.15) is 30.8 Å². The quantitative estimate of drug-likeness (QED) is 0.828. The lowest BCUT2D eigenvalue weighted by molar-refractivity contribution is 0.125. The van der Waals surface area contributed by atoms with Gasteiger partial charge in [-0.15, -0.1) is 0 Å². The van der Waals surface area contributed by atoms with Crippen LogP contribution in [0, 0.1) is 6.92 Å². The van der Waals surface area contributed by atoms with Crippen molar-refractivity contribution in [3.05, 3.63) is 35.2 Å². The van der Waals surface area contributed by atoms with Crippen molar-refractivity contribution < 1.29 is 14.6 Å². The molecule has 1 aromatic heterocycles. The molecule has 1 aliphatic heterocycles. The molecule has 0 aliphatic carbocycles. The van der Waals surface area contributed by atoms with Crippen LogP contribution >= 0.6 is 0 Å². The molecule has 0 radical (unpaired) electrons. The van der Waals surface area contributed by atoms with Gasteiger partial charge in [0, 0.05) is 5.56 Å². The van der Waals surface area contributed by atoms with E-state index >= 15 is 0 Å². The van der Waals surface area contributed by atoms with Crippen molar-refractivity contribution in [1.82, 2.24) is 9.97 Å². The van der Waals surface area contributed by atoms with Crippen LogP contribution in [-0.2, 0) is 17.6 Å². The van der Waals surface area contributed by atoms with Crippen molar-refractivity contribution >= 4 is 5.82 Å². The molecule has 6 nitrogen and oxygen atoms in total. The molecule has 1 aliphatic rings. The summed E-state index contributed by atoms with van der Waals surface area (Å²) in [6, 6.07) is 5.86. The number of rotatable bonds is 6. The molecule has 2 atom stereocenters. The minimum absolute atomic E-state index is 0.145. The van der Waals surface area contributed by atoms with Crippen LogP contribution in [0.4, 0.5) is 5.82 Å². The summed E-state index contributed by atoms with van der Waals surface area (Å²) in [6.07, 6.45) is 1.01. The van der Waals surface area contributed by atoms with Crippen molar-refractivity contribution in [2.45, 2.75) is 45.8 Å². The molecule has 6 heteroatoms. The van der Waals surface area contributed by atoms with Gasteiger partial charge in [-0.25, -0.2) is 9.97 Å². The average molecular weight is 357 g/mol. The van der Waals surface area contributed by atoms with E-state index in [1.165, 1.54) is 0 Å². The molecule has 3 rings (SSSR count). The van der Waals surface area contributed by atoms with Gasteiger partial charge in [0.2, 0.25) is 0 Å². The Morgan fingerprint density at radius 3 is 2.54 bits per heavy atom. The van der Waals surface area contributed by atoms with Crippen LogP contribution in [0.5, 0.6) is 5.75 Å². The standard InChI is InChI=1S/C20H27N3O3/c1-5-15-19(14-8-7-13(25-4)9-12(14)3)21-16(6-2)20(22-15)23-17-10-26-11-18(17)24/h7-9,17-18,24H,5-6,10-11H2,1-4H3,(H,22,23)/t17-,18-/m1/s1. The van der Waals surface area contributed by atoms with Gasteiger partial charge < -0.3 is 19.9 Å². The molecule has 140 valence electrons. The number of hydrogen-bond acceptors (Lipinski definition) is 6. The van der Waals surface area contributed by atoms with Crippen LogP contribution in [0.3, 0.4) is 0 Å². The van der Waals surface area contributed by atoms with Gasteiger partial charge >= 0.3 is 0 Å². The first-order valence-corrected chi connectivity index (χ1v) is 9.14. The summed E-state index contributed by atoms with van der Waals surface area (Å²) in [5.74, 6) is 1.58. The van der Waals surface area contributed by atoms with Gasteiger partial charge in [-0.3, -0.25) is 0 Å². The average Bonchev–Trinajstić information content (AvgIpc) is 3.06. The molecule has 1 fully saturated rings. The first-order chi connectivity index (χ1) is 12.6. The Kier molecular flexibility index (Phi) is 5.74. The Bertz CT molecular complexity index is 779. The second kappa shape index (κ2) is 8.01. The Morgan fingerprint density at radius 2 is 1.96 bits per heavy atom. The van der Waals surface area contributed by atoms with Crippen LogP contribution < -0.4 is 10.1 Å². The topological polar surface area (TPSA) is 76.5 Å². The largest absolute Gasteiger partial charge is 0.497 e. The van der Waals surface area contributed by atoms with E-state index in [0.717, 1.165) is 52.6 Å². The Morgan fingerprint density at radius 1 is 1.19 bits per heavy atom. The molecule has 2 N–H and O–H groups in total. The zero-order valence-corrected chi connectivity index (χ0v) is 15.9. The lowest BCUT2D eigenvalue weighted by atomic mass is 10.0. The Hall–Kier alpha value is -2.18. The molecule has 1 aromatic carbocycles. The van der Waals surface area contributed by atoms with Gasteiger partial charge in [-0.05, 0) is 43.5 Å². The van der Waals surface area contributed by atoms with E-state index in [1.54, 1.807) is 7.11 Å². The molecule has 2 aromatic rings. The summed E-state index contributed by atoms with van der Waals surface area (Å²) in [7, 11) is 1.67. The van der Waals surface area contributed by atoms with E-state index in [4.69, 9.17) is 19.4 Å². The van der Waals surface area contributed by atoms with Crippen LogP contribution in [0.25, 0.3) is 11.3 Å². The van der Waals surface area contributed by atoms with Gasteiger partial charge in [0.25, 0.3) is 0 Å². The highest BCUT2D eigenvalue weighted by Crippen LogP contribution is 2.30. The van der Waals surface area contributed by atoms with Crippen LogP contribution in [-0.4, -0.2) is 47.5 Å². The molecule has 0 spiro atoms. The van der Waals surface area contributed by atoms with E-state index in [2.05, 4.69) is 26.1 Å². The molecule has 26 heavy (non-hydrogen) atoms. The maximum absolute atomic E-state index is 10.0. The number of aromatic nitrogens is 2. The number of aliphatic hydroxyl groups is 1. The molecular weight excluding hydrogens is 330 g/mol. The van der Waals surface area contributed by atoms with E-state index in [-0.39, 0.29) is 6.04 Å². The zero-order valence-electron chi connectivity index (χ0n) is 15.9. The number of ether oxygens (including phenoxy) is 2. The van der Waals surface area contributed by atoms with Gasteiger partial charge in [-0.2, -0.15) is 0 Å². The van der Waals surface area contributed by atoms with Crippen molar-refractivity contribution in [3.63, 3.8) is 0 Å². The number of aliphatic hydroxyl groups excluding tert-OH is 1. The fraction of sp³-hybridized carbons (Fsp3) is 0.500. The maximum Gasteiger partial charge on any atom is 0.148 e. The van der Waals surface area contributed by atoms with Gasteiger partial charge in [0.1, 0.15) is 11.6 Å². The predicted molar refractivity (Wildman–Crippen MR) is 102 cm³/mol. The Labute approximate surface area is 154 Å². The summed E-state index contributed by atoms with van der Waals surface area (Å²) < 4.78 is 10.6. The first-order valence-electron chi connectivity index (χ1n) is 9.14. The minimum Gasteiger partial charge on any atom is -0.497 e. The summed E-state index contributed by atoms with van der Waals surface area (Å²) in [5, 5.41) is 13.3. The number of nitrogens with zero attached hydrogens (tertiary/aromatic N) is 2. The Balaban J connectivity index is 2.01. The van der Waals surface area contributed by atoms with Crippen LogP contribution in [0.2, 0.25) is 0 Å². The number of anilines is 1. The molecule has 0 bridgehead atoms. The third-order valence-corrected chi connectivity index (χ3v) is 4.77. The minimum atomic E-state index is -0.518. The third-order valence-electron chi connectivity index (χ3n) is 4.77. The van der Waals surface area contributed by atoms with Gasteiger partial charge in [0.05, 0.1) is 49.6 Å². The second-order valence-corrected chi connectivity index (χ2v) is 6.56. The number of hydrogen-bond donors (Lipinski definition) is 2. The highest BCUT2D eigenvalue weighted by molar-refractivity contribution is 5.68. The lowest BCUT2D eigenvalue weighted by Crippen LogP contribution is -2.33. The molecule has 0 saturated carbocycles. The lowest BCUT2D eigenvalue weighted by Gasteiger charge is -2.20. The monoisotopic (exact) mass is 357 g/mol. The molecule has 2 heterocycles. The van der Waals surface area contributed by atoms with E-state index in [0.29, 0.717) is 13.2 Å². The predicted octanol–water partition coefficient (Wildman–Crippen LogP) is 2.76. The van der Waals surface area contributed by atoms with Crippen molar-refractivity contribution in [2.24, 2.45) is 0 Å². The van der Waals surface area contributed by atoms with E-state index < -0.39 is 6.10 Å². The molecule has 1 saturated heterocycles. The zero-order chi connectivity index (χ0) is 18.7. The van der Waals surface area contributed by atoms with Crippen molar-refractivity contribution in [2.75, 3.05) is 25.6 Å². The number of nitrogens with one attached hydrogen (secondary N) is 1. The summed E-state index contributed by atoms with van der Waals surface area (Å²) in [6.45, 7) is 7.04. The van der Waals surface area contributed by atoms with Crippen molar-refractivity contribution in [1.29, 1.82) is 0 Å². The number of benzene rings is 1. The van der Waals surface area contributed by atoms with Crippen molar-refractivity contribution in [3.8, 4) is 17.0 Å². The highest BCUT2D eigenvalue weighted by atomic mass is 16.5. The second-order valence-electron chi connectivity index (χ2n) is 6.56. The van der Waals surface area contributed by atoms with Gasteiger partial charge in [-0.1, -0.05) is 13.8 Å². The van der Waals surface area contributed by atoms with Gasteiger partial charge in [0.15, 0.2) is 0 Å². The first kappa shape index (κ1) is 18.6. The smallest absolute Gasteiger partial charge is 0.148 e. The summed E-state index contributed by atoms with van der Waals surface area (Å²) in [4.78, 5) is 9.78. The maximum atomic E-state index is 10.0. The fourth-order valence-electron chi connectivity index (χ4n) is 3.21. The summed E-state index contributed by atoms with van der Waals surface area (Å²) in [5.41, 5.74) is 4.92. The normalized spacial score (nSPS) is 19.6. The summed E-state index contributed by atoms with van der Waals surface area (Å²) >= 11 is 0. The molecule has 0 amide bonds. The third kappa shape index (κ3) is 3.66. The molecule has 0 unspecified atom stereocenters. The van der Waals surface area contributed by atoms with E-state index in [1.807, 2.05) is 18.2 Å². The SMILES string of the molecule is CCc1nc(-c2ccc(OC)cc2C)c(CC)nc1N[C@@H]1COC[C@H]1O.